The summed E-state index contributed by atoms with van der Waals surface area (Å²) in [5.74, 6) is 0.339. The Morgan fingerprint density at radius 2 is 0.659 bits per heavy atom. The fourth-order valence-electron chi connectivity index (χ4n) is 4.16. The van der Waals surface area contributed by atoms with Gasteiger partial charge in [-0.3, -0.25) is 0 Å². The Kier molecular flexibility index (Phi) is 27.6. The van der Waals surface area contributed by atoms with Gasteiger partial charge in [-0.1, -0.05) is 0 Å². The molecule has 0 spiro atoms. The molecule has 4 atom stereocenters. The van der Waals surface area contributed by atoms with E-state index >= 15 is 0 Å². The zero-order valence-corrected chi connectivity index (χ0v) is 35.6. The quantitative estimate of drug-likeness (QED) is 0.0397. The van der Waals surface area contributed by atoms with Crippen LogP contribution < -0.4 is 0 Å². The van der Waals surface area contributed by atoms with Gasteiger partial charge in [0.1, 0.15) is 0 Å². The zero-order valence-electron chi connectivity index (χ0n) is 25.2. The van der Waals surface area contributed by atoms with Crippen LogP contribution in [0.2, 0.25) is 42.6 Å². The number of hydrogen-bond donors (Lipinski definition) is 4. The van der Waals surface area contributed by atoms with Crippen molar-refractivity contribution in [2.24, 2.45) is 5.41 Å². The second-order valence-corrected chi connectivity index (χ2v) is 24.2. The molecule has 12 heteroatoms. The van der Waals surface area contributed by atoms with Crippen LogP contribution in [0.5, 0.6) is 0 Å². The molecule has 0 aliphatic carbocycles. The maximum absolute atomic E-state index is 13.3. The molecule has 0 N–H and O–H groups in total. The first-order valence-electron chi connectivity index (χ1n) is 14.3. The minimum absolute atomic E-state index is 0.0847. The number of ketones is 4. The summed E-state index contributed by atoms with van der Waals surface area (Å²) in [6.45, 7) is 8.26. The van der Waals surface area contributed by atoms with Crippen LogP contribution in [-0.4, -0.2) is 104 Å². The van der Waals surface area contributed by atoms with E-state index in [4.69, 9.17) is 0 Å². The Morgan fingerprint density at radius 1 is 0.463 bits per heavy atom. The normalized spacial score (nSPS) is 16.0. The van der Waals surface area contributed by atoms with Crippen LogP contribution >= 0.6 is 50.5 Å². The molecule has 0 aromatic carbocycles. The molecule has 0 amide bonds. The van der Waals surface area contributed by atoms with Crippen LogP contribution in [-0.2, 0) is 19.2 Å². The van der Waals surface area contributed by atoms with Gasteiger partial charge in [0.2, 0.25) is 0 Å². The first kappa shape index (κ1) is 43.2. The molecule has 4 unspecified atom stereocenters. The van der Waals surface area contributed by atoms with Crippen LogP contribution in [0.4, 0.5) is 0 Å². The maximum atomic E-state index is 13.3. The summed E-state index contributed by atoms with van der Waals surface area (Å²) in [6.07, 6.45) is 2.42. The van der Waals surface area contributed by atoms with Gasteiger partial charge >= 0.3 is 301 Å². The van der Waals surface area contributed by atoms with Gasteiger partial charge in [0.25, 0.3) is 0 Å². The molecule has 0 saturated carbocycles. The first-order valence-corrected chi connectivity index (χ1v) is 26.1. The Hall–Kier alpha value is 2.16. The van der Waals surface area contributed by atoms with Gasteiger partial charge in [0, 0.05) is 0 Å². The van der Waals surface area contributed by atoms with Gasteiger partial charge in [-0.05, 0) is 0 Å². The molecule has 240 valence electrons. The standard InChI is InChI=1S/C29H52O4S4Se4/c1-21(34)17-38-9-5-25(30)13-29(14-26(31)6-10-39-18-22(2)35,15-27(32)7-11-40-19-23(3)36)16-28(33)8-12-41-20-24(4)37/h21-24,34-37H,5-20H2,1-4H3. The summed E-state index contributed by atoms with van der Waals surface area (Å²) < 4.78 is 0. The molecule has 0 aliphatic rings. The Balaban J connectivity index is 5.70. The molecule has 0 saturated heterocycles. The number of rotatable bonds is 28. The molecular formula is C29H52O4S4Se4. The van der Waals surface area contributed by atoms with Crippen molar-refractivity contribution in [1.82, 2.24) is 0 Å². The minimum atomic E-state index is -0.885. The van der Waals surface area contributed by atoms with E-state index in [1.54, 1.807) is 0 Å². The first-order chi connectivity index (χ1) is 19.2. The van der Waals surface area contributed by atoms with E-state index in [1.165, 1.54) is 0 Å². The van der Waals surface area contributed by atoms with E-state index in [0.29, 0.717) is 107 Å². The van der Waals surface area contributed by atoms with Crippen LogP contribution in [0.1, 0.15) is 79.1 Å². The SMILES string of the molecule is CC(S)C[Se]CCC(=O)CC(CC(=O)CC[Se]CC(C)S)(CC(=O)CC[Se]CC(C)S)CC(=O)CC[Se]CC(C)S. The van der Waals surface area contributed by atoms with Crippen LogP contribution in [0, 0.1) is 5.41 Å². The molecule has 0 fully saturated rings. The molecule has 0 bridgehead atoms. The van der Waals surface area contributed by atoms with E-state index in [0.717, 1.165) is 42.6 Å². The monoisotopic (exact) mass is 912 g/mol. The summed E-state index contributed by atoms with van der Waals surface area (Å²) >= 11 is 19.2. The van der Waals surface area contributed by atoms with Gasteiger partial charge in [0.05, 0.1) is 0 Å². The second kappa shape index (κ2) is 26.3. The predicted octanol–water partition coefficient (Wildman–Crippen LogP) is 6.81. The number of Topliss-reactive ketones (excluding diaryl/α,β-unsaturated/α-hetero) is 4. The van der Waals surface area contributed by atoms with Crippen molar-refractivity contribution in [2.75, 3.05) is 0 Å². The van der Waals surface area contributed by atoms with Crippen molar-refractivity contribution < 1.29 is 19.2 Å². The van der Waals surface area contributed by atoms with Gasteiger partial charge in [-0.2, -0.15) is 0 Å². The molecule has 0 rings (SSSR count). The summed E-state index contributed by atoms with van der Waals surface area (Å²) in [7, 11) is 0. The number of carbonyl (C=O) groups excluding carboxylic acids is 4. The van der Waals surface area contributed by atoms with Gasteiger partial charge in [-0.15, -0.1) is 0 Å². The topological polar surface area (TPSA) is 68.3 Å². The Bertz CT molecular complexity index is 642. The van der Waals surface area contributed by atoms with Crippen molar-refractivity contribution in [3.8, 4) is 0 Å². The number of hydrogen-bond acceptors (Lipinski definition) is 8. The van der Waals surface area contributed by atoms with Crippen LogP contribution in [0.25, 0.3) is 0 Å². The van der Waals surface area contributed by atoms with Crippen molar-refractivity contribution in [3.05, 3.63) is 0 Å². The molecule has 4 nitrogen and oxygen atoms in total. The Morgan fingerprint density at radius 3 is 0.829 bits per heavy atom. The third kappa shape index (κ3) is 27.0. The van der Waals surface area contributed by atoms with E-state index in [2.05, 4.69) is 78.2 Å². The average molecular weight is 909 g/mol. The van der Waals surface area contributed by atoms with Gasteiger partial charge in [-0.25, -0.2) is 0 Å². The molecule has 0 heterocycles. The average Bonchev–Trinajstić information content (AvgIpc) is 2.84. The molecular weight excluding hydrogens is 856 g/mol. The third-order valence-electron chi connectivity index (χ3n) is 5.83. The summed E-state index contributed by atoms with van der Waals surface area (Å²) in [5, 5.41) is 8.67. The molecule has 0 aromatic heterocycles. The number of carbonyl (C=O) groups is 4. The van der Waals surface area contributed by atoms with E-state index < -0.39 is 5.41 Å². The van der Waals surface area contributed by atoms with Crippen molar-refractivity contribution in [3.63, 3.8) is 0 Å². The molecule has 41 heavy (non-hydrogen) atoms. The molecule has 0 aliphatic heterocycles. The van der Waals surface area contributed by atoms with Crippen molar-refractivity contribution >= 4 is 133 Å². The van der Waals surface area contributed by atoms with Gasteiger partial charge in [0.15, 0.2) is 0 Å². The fraction of sp³-hybridized carbons (Fsp3) is 0.862. The van der Waals surface area contributed by atoms with E-state index in [-0.39, 0.29) is 48.8 Å². The zero-order chi connectivity index (χ0) is 31.3. The predicted molar refractivity (Wildman–Crippen MR) is 195 cm³/mol. The van der Waals surface area contributed by atoms with E-state index in [9.17, 15) is 19.2 Å². The molecule has 0 radical (unpaired) electrons. The molecule has 0 aromatic rings. The number of thiol groups is 4. The second-order valence-electron chi connectivity index (χ2n) is 11.1. The van der Waals surface area contributed by atoms with E-state index in [1.807, 2.05) is 0 Å². The van der Waals surface area contributed by atoms with Crippen LogP contribution in [0.3, 0.4) is 0 Å². The third-order valence-corrected chi connectivity index (χ3v) is 19.1. The summed E-state index contributed by atoms with van der Waals surface area (Å²) in [5.41, 5.74) is -0.885. The summed E-state index contributed by atoms with van der Waals surface area (Å²) in [4.78, 5) is 53.2. The van der Waals surface area contributed by atoms with Gasteiger partial charge < -0.3 is 0 Å². The Labute approximate surface area is 297 Å². The fourth-order valence-corrected chi connectivity index (χ4v) is 13.7. The van der Waals surface area contributed by atoms with Crippen molar-refractivity contribution in [2.45, 2.75) is 143 Å². The summed E-state index contributed by atoms with van der Waals surface area (Å²) in [6, 6.07) is 0. The van der Waals surface area contributed by atoms with Crippen LogP contribution in [0.15, 0.2) is 0 Å². The van der Waals surface area contributed by atoms with Crippen molar-refractivity contribution in [1.29, 1.82) is 0 Å².